The Balaban J connectivity index is 1.77. The molecule has 1 heterocycles. The van der Waals surface area contributed by atoms with Crippen LogP contribution >= 0.6 is 0 Å². The van der Waals surface area contributed by atoms with E-state index in [0.29, 0.717) is 5.95 Å². The topological polar surface area (TPSA) is 63.2 Å². The van der Waals surface area contributed by atoms with E-state index in [1.54, 1.807) is 13.3 Å². The Hall–Kier alpha value is -3.15. The zero-order valence-electron chi connectivity index (χ0n) is 14.4. The molecule has 6 nitrogen and oxygen atoms in total. The molecule has 0 aliphatic heterocycles. The first-order valence-electron chi connectivity index (χ1n) is 8.18. The van der Waals surface area contributed by atoms with Crippen molar-refractivity contribution < 1.29 is 4.74 Å². The van der Waals surface area contributed by atoms with Crippen LogP contribution in [0.3, 0.4) is 0 Å². The number of hydrogen-bond acceptors (Lipinski definition) is 6. The second-order valence-electron chi connectivity index (χ2n) is 5.49. The smallest absolute Gasteiger partial charge is 0.249 e. The van der Waals surface area contributed by atoms with Crippen LogP contribution in [-0.4, -0.2) is 28.8 Å². The average Bonchev–Trinajstić information content (AvgIpc) is 2.67. The molecular weight excluding hydrogens is 314 g/mol. The molecule has 6 heteroatoms. The average molecular weight is 335 g/mol. The Morgan fingerprint density at radius 1 is 1.08 bits per heavy atom. The van der Waals surface area contributed by atoms with E-state index in [0.717, 1.165) is 30.3 Å². The monoisotopic (exact) mass is 335 g/mol. The molecule has 0 bridgehead atoms. The lowest BCUT2D eigenvalue weighted by Crippen LogP contribution is -2.23. The highest BCUT2D eigenvalue weighted by Crippen LogP contribution is 2.20. The fourth-order valence-electron chi connectivity index (χ4n) is 2.49. The number of aromatic nitrogens is 3. The number of benzene rings is 2. The van der Waals surface area contributed by atoms with Gasteiger partial charge in [0.1, 0.15) is 5.75 Å². The summed E-state index contributed by atoms with van der Waals surface area (Å²) in [6.07, 6.45) is 1.68. The number of anilines is 3. The minimum Gasteiger partial charge on any atom is -0.497 e. The van der Waals surface area contributed by atoms with Crippen LogP contribution in [0.25, 0.3) is 0 Å². The first-order valence-corrected chi connectivity index (χ1v) is 8.18. The fraction of sp³-hybridized carbons (Fsp3) is 0.211. The van der Waals surface area contributed by atoms with Crippen LogP contribution in [0.15, 0.2) is 60.8 Å². The number of nitrogens with one attached hydrogen (secondary N) is 1. The second-order valence-corrected chi connectivity index (χ2v) is 5.49. The van der Waals surface area contributed by atoms with Gasteiger partial charge >= 0.3 is 0 Å². The molecule has 3 aromatic rings. The maximum atomic E-state index is 5.23. The predicted octanol–water partition coefficient (Wildman–Crippen LogP) is 3.65. The zero-order chi connectivity index (χ0) is 17.5. The summed E-state index contributed by atoms with van der Waals surface area (Å²) >= 11 is 0. The molecule has 0 spiro atoms. The highest BCUT2D eigenvalue weighted by molar-refractivity contribution is 5.56. The number of nitrogens with zero attached hydrogens (tertiary/aromatic N) is 4. The summed E-state index contributed by atoms with van der Waals surface area (Å²) < 4.78 is 5.23. The third kappa shape index (κ3) is 4.44. The molecule has 0 unspecified atom stereocenters. The summed E-state index contributed by atoms with van der Waals surface area (Å²) in [4.78, 5) is 6.74. The summed E-state index contributed by atoms with van der Waals surface area (Å²) in [5.41, 5.74) is 2.08. The quantitative estimate of drug-likeness (QED) is 0.711. The molecule has 0 aliphatic carbocycles. The highest BCUT2D eigenvalue weighted by Gasteiger charge is 2.09. The number of methoxy groups -OCH3 is 1. The number of ether oxygens (including phenoxy) is 1. The molecule has 0 radical (unpaired) electrons. The lowest BCUT2D eigenvalue weighted by atomic mass is 10.2. The van der Waals surface area contributed by atoms with Crippen molar-refractivity contribution in [3.63, 3.8) is 0 Å². The zero-order valence-corrected chi connectivity index (χ0v) is 14.4. The molecule has 0 saturated carbocycles. The Morgan fingerprint density at radius 2 is 1.92 bits per heavy atom. The van der Waals surface area contributed by atoms with Crippen molar-refractivity contribution >= 4 is 17.5 Å². The number of rotatable bonds is 7. The van der Waals surface area contributed by atoms with Crippen LogP contribution in [0, 0.1) is 0 Å². The molecule has 2 aromatic carbocycles. The maximum Gasteiger partial charge on any atom is 0.249 e. The first kappa shape index (κ1) is 16.7. The molecule has 25 heavy (non-hydrogen) atoms. The minimum atomic E-state index is 0.456. The summed E-state index contributed by atoms with van der Waals surface area (Å²) in [6, 6.07) is 17.9. The van der Waals surface area contributed by atoms with Crippen molar-refractivity contribution in [2.45, 2.75) is 13.5 Å². The normalized spacial score (nSPS) is 10.3. The Bertz CT molecular complexity index is 810. The Morgan fingerprint density at radius 3 is 2.68 bits per heavy atom. The van der Waals surface area contributed by atoms with Gasteiger partial charge in [-0.2, -0.15) is 10.1 Å². The third-order valence-corrected chi connectivity index (χ3v) is 3.79. The van der Waals surface area contributed by atoms with E-state index in [1.807, 2.05) is 42.5 Å². The van der Waals surface area contributed by atoms with E-state index in [-0.39, 0.29) is 0 Å². The van der Waals surface area contributed by atoms with Crippen LogP contribution in [0.2, 0.25) is 0 Å². The van der Waals surface area contributed by atoms with E-state index >= 15 is 0 Å². The molecule has 1 N–H and O–H groups in total. The van der Waals surface area contributed by atoms with Gasteiger partial charge in [0.15, 0.2) is 5.82 Å². The van der Waals surface area contributed by atoms with E-state index in [2.05, 4.69) is 44.5 Å². The van der Waals surface area contributed by atoms with Gasteiger partial charge in [0, 0.05) is 24.8 Å². The van der Waals surface area contributed by atoms with Crippen molar-refractivity contribution in [1.82, 2.24) is 15.2 Å². The van der Waals surface area contributed by atoms with Gasteiger partial charge in [0.25, 0.3) is 0 Å². The lowest BCUT2D eigenvalue weighted by Gasteiger charge is -2.21. The van der Waals surface area contributed by atoms with E-state index < -0.39 is 0 Å². The fourth-order valence-corrected chi connectivity index (χ4v) is 2.49. The van der Waals surface area contributed by atoms with Crippen LogP contribution in [0.5, 0.6) is 5.75 Å². The SMILES string of the molecule is CCN(Cc1ccccc1)c1cnnc(Nc2cccc(OC)c2)n1. The minimum absolute atomic E-state index is 0.456. The molecule has 0 amide bonds. The summed E-state index contributed by atoms with van der Waals surface area (Å²) in [5.74, 6) is 2.01. The molecule has 0 saturated heterocycles. The van der Waals surface area contributed by atoms with Crippen LogP contribution in [0.4, 0.5) is 17.5 Å². The molecule has 128 valence electrons. The van der Waals surface area contributed by atoms with Gasteiger partial charge in [-0.15, -0.1) is 5.10 Å². The first-order chi connectivity index (χ1) is 12.3. The Labute approximate surface area is 147 Å². The van der Waals surface area contributed by atoms with Crippen molar-refractivity contribution in [1.29, 1.82) is 0 Å². The van der Waals surface area contributed by atoms with Gasteiger partial charge in [-0.3, -0.25) is 0 Å². The molecule has 0 atom stereocenters. The van der Waals surface area contributed by atoms with Gasteiger partial charge in [0.05, 0.1) is 13.3 Å². The van der Waals surface area contributed by atoms with E-state index in [1.165, 1.54) is 5.56 Å². The van der Waals surface area contributed by atoms with Crippen molar-refractivity contribution in [3.8, 4) is 5.75 Å². The van der Waals surface area contributed by atoms with Gasteiger partial charge in [-0.05, 0) is 24.6 Å². The molecule has 3 rings (SSSR count). The van der Waals surface area contributed by atoms with Crippen molar-refractivity contribution in [2.24, 2.45) is 0 Å². The van der Waals surface area contributed by atoms with Crippen molar-refractivity contribution in [2.75, 3.05) is 23.9 Å². The summed E-state index contributed by atoms with van der Waals surface area (Å²) in [5, 5.41) is 11.3. The van der Waals surface area contributed by atoms with E-state index in [4.69, 9.17) is 4.74 Å². The van der Waals surface area contributed by atoms with Crippen LogP contribution < -0.4 is 15.0 Å². The summed E-state index contributed by atoms with van der Waals surface area (Å²) in [7, 11) is 1.64. The molecular formula is C19H21N5O. The second kappa shape index (κ2) is 8.10. The number of hydrogen-bond donors (Lipinski definition) is 1. The molecule has 0 fully saturated rings. The van der Waals surface area contributed by atoms with Gasteiger partial charge < -0.3 is 15.0 Å². The van der Waals surface area contributed by atoms with Crippen molar-refractivity contribution in [3.05, 3.63) is 66.4 Å². The molecule has 1 aromatic heterocycles. The predicted molar refractivity (Wildman–Crippen MR) is 99.3 cm³/mol. The maximum absolute atomic E-state index is 5.23. The standard InChI is InChI=1S/C19H21N5O/c1-3-24(14-15-8-5-4-6-9-15)18-13-20-23-19(22-18)21-16-10-7-11-17(12-16)25-2/h4-13H,3,14H2,1-2H3,(H,21,22,23). The molecule has 0 aliphatic rings. The van der Waals surface area contributed by atoms with Gasteiger partial charge in [-0.1, -0.05) is 36.4 Å². The lowest BCUT2D eigenvalue weighted by molar-refractivity contribution is 0.415. The van der Waals surface area contributed by atoms with Crippen LogP contribution in [-0.2, 0) is 6.54 Å². The summed E-state index contributed by atoms with van der Waals surface area (Å²) in [6.45, 7) is 3.70. The van der Waals surface area contributed by atoms with Gasteiger partial charge in [-0.25, -0.2) is 0 Å². The van der Waals surface area contributed by atoms with Gasteiger partial charge in [0.2, 0.25) is 5.95 Å². The largest absolute Gasteiger partial charge is 0.497 e. The van der Waals surface area contributed by atoms with E-state index in [9.17, 15) is 0 Å². The third-order valence-electron chi connectivity index (χ3n) is 3.79. The Kier molecular flexibility index (Phi) is 5.41. The highest BCUT2D eigenvalue weighted by atomic mass is 16.5. The van der Waals surface area contributed by atoms with Crippen LogP contribution in [0.1, 0.15) is 12.5 Å².